The van der Waals surface area contributed by atoms with Gasteiger partial charge in [-0.05, 0) is 0 Å². The number of hydrogen-bond acceptors (Lipinski definition) is 7. The molecule has 2 aromatic rings. The van der Waals surface area contributed by atoms with E-state index in [1.54, 1.807) is 11.6 Å². The van der Waals surface area contributed by atoms with E-state index >= 15 is 0 Å². The molecule has 0 aliphatic heterocycles. The molecule has 0 saturated heterocycles. The molecule has 0 aliphatic rings. The summed E-state index contributed by atoms with van der Waals surface area (Å²) in [5, 5.41) is 0. The number of hydrazine groups is 1. The van der Waals surface area contributed by atoms with Crippen LogP contribution in [0, 0.1) is 0 Å². The van der Waals surface area contributed by atoms with E-state index in [0.717, 1.165) is 6.26 Å². The van der Waals surface area contributed by atoms with E-state index < -0.39 is 10.0 Å². The molecule has 0 fully saturated rings. The molecule has 0 aliphatic carbocycles. The number of imidazole rings is 1. The third kappa shape index (κ3) is 2.42. The summed E-state index contributed by atoms with van der Waals surface area (Å²) >= 11 is 0. The van der Waals surface area contributed by atoms with Crippen LogP contribution in [0.1, 0.15) is 0 Å². The van der Waals surface area contributed by atoms with Gasteiger partial charge in [0, 0.05) is 7.05 Å². The monoisotopic (exact) mass is 257 g/mol. The summed E-state index contributed by atoms with van der Waals surface area (Å²) in [5.41, 5.74) is 8.89. The average Bonchev–Trinajstić information content (AvgIpc) is 2.56. The number of nitrogens with zero attached hydrogens (tertiary/aromatic N) is 4. The molecule has 2 heterocycles. The highest BCUT2D eigenvalue weighted by Crippen LogP contribution is 2.17. The number of nitrogens with one attached hydrogen (secondary N) is 2. The topological polar surface area (TPSA) is 128 Å². The van der Waals surface area contributed by atoms with Crippen LogP contribution in [0.4, 0.5) is 11.8 Å². The van der Waals surface area contributed by atoms with Gasteiger partial charge in [-0.2, -0.15) is 9.97 Å². The van der Waals surface area contributed by atoms with Gasteiger partial charge in [-0.1, -0.05) is 0 Å². The van der Waals surface area contributed by atoms with Crippen LogP contribution in [0.2, 0.25) is 0 Å². The van der Waals surface area contributed by atoms with Crippen LogP contribution in [0.15, 0.2) is 6.33 Å². The molecule has 92 valence electrons. The lowest BCUT2D eigenvalue weighted by atomic mass is 10.5. The first kappa shape index (κ1) is 11.5. The minimum atomic E-state index is -3.39. The number of hydrogen-bond donors (Lipinski definition) is 3. The van der Waals surface area contributed by atoms with Gasteiger partial charge in [0.25, 0.3) is 0 Å². The molecule has 0 saturated carbocycles. The van der Waals surface area contributed by atoms with Crippen molar-refractivity contribution in [1.82, 2.24) is 24.4 Å². The first-order valence-electron chi connectivity index (χ1n) is 4.54. The summed E-state index contributed by atoms with van der Waals surface area (Å²) in [6.45, 7) is 0. The highest BCUT2D eigenvalue weighted by Gasteiger charge is 2.11. The van der Waals surface area contributed by atoms with Crippen LogP contribution >= 0.6 is 0 Å². The minimum absolute atomic E-state index is 0.0268. The first-order chi connectivity index (χ1) is 7.87. The van der Waals surface area contributed by atoms with Crippen LogP contribution in [0.5, 0.6) is 0 Å². The third-order valence-electron chi connectivity index (χ3n) is 1.93. The normalized spacial score (nSPS) is 11.9. The second-order valence-corrected chi connectivity index (χ2v) is 5.21. The Labute approximate surface area is 97.1 Å². The molecular weight excluding hydrogens is 246 g/mol. The molecule has 0 amide bonds. The van der Waals surface area contributed by atoms with Crippen LogP contribution in [0.3, 0.4) is 0 Å². The van der Waals surface area contributed by atoms with Crippen molar-refractivity contribution in [3.05, 3.63) is 6.33 Å². The SMILES string of the molecule is Cn1cnc2c(NNS(C)(=O)=O)nc(N)nc21. The average molecular weight is 257 g/mol. The molecule has 9 nitrogen and oxygen atoms in total. The minimum Gasteiger partial charge on any atom is -0.368 e. The number of aromatic nitrogens is 4. The van der Waals surface area contributed by atoms with E-state index in [0.29, 0.717) is 11.2 Å². The maximum atomic E-state index is 11.0. The highest BCUT2D eigenvalue weighted by molar-refractivity contribution is 7.88. The zero-order chi connectivity index (χ0) is 12.6. The van der Waals surface area contributed by atoms with E-state index in [-0.39, 0.29) is 11.8 Å². The predicted octanol–water partition coefficient (Wildman–Crippen LogP) is -1.18. The number of fused-ring (bicyclic) bond motifs is 1. The number of aryl methyl sites for hydroxylation is 1. The van der Waals surface area contributed by atoms with Gasteiger partial charge in [0.15, 0.2) is 17.0 Å². The number of sulfonamides is 1. The van der Waals surface area contributed by atoms with Crippen molar-refractivity contribution in [2.45, 2.75) is 0 Å². The van der Waals surface area contributed by atoms with Gasteiger partial charge >= 0.3 is 0 Å². The fourth-order valence-corrected chi connectivity index (χ4v) is 1.53. The van der Waals surface area contributed by atoms with Crippen molar-refractivity contribution >= 4 is 33.0 Å². The summed E-state index contributed by atoms with van der Waals surface area (Å²) in [5.74, 6) is 0.234. The molecule has 0 atom stereocenters. The van der Waals surface area contributed by atoms with Crippen LogP contribution in [0.25, 0.3) is 11.2 Å². The molecule has 0 unspecified atom stereocenters. The summed E-state index contributed by atoms with van der Waals surface area (Å²) in [4.78, 5) is 14.0. The van der Waals surface area contributed by atoms with Crippen molar-refractivity contribution in [3.63, 3.8) is 0 Å². The lowest BCUT2D eigenvalue weighted by Gasteiger charge is -2.06. The van der Waals surface area contributed by atoms with E-state index in [2.05, 4.69) is 25.2 Å². The zero-order valence-corrected chi connectivity index (χ0v) is 9.98. The van der Waals surface area contributed by atoms with Crippen molar-refractivity contribution < 1.29 is 8.42 Å². The van der Waals surface area contributed by atoms with Crippen molar-refractivity contribution in [3.8, 4) is 0 Å². The van der Waals surface area contributed by atoms with E-state index in [4.69, 9.17) is 5.73 Å². The first-order valence-corrected chi connectivity index (χ1v) is 6.43. The molecule has 0 spiro atoms. The molecule has 4 N–H and O–H groups in total. The predicted molar refractivity (Wildman–Crippen MR) is 62.3 cm³/mol. The van der Waals surface area contributed by atoms with Crippen LogP contribution in [-0.4, -0.2) is 34.2 Å². The Morgan fingerprint density at radius 3 is 2.76 bits per heavy atom. The van der Waals surface area contributed by atoms with Crippen molar-refractivity contribution in [2.75, 3.05) is 17.4 Å². The van der Waals surface area contributed by atoms with Crippen molar-refractivity contribution in [2.24, 2.45) is 7.05 Å². The van der Waals surface area contributed by atoms with Gasteiger partial charge in [0.1, 0.15) is 0 Å². The van der Waals surface area contributed by atoms with Gasteiger partial charge < -0.3 is 10.3 Å². The quantitative estimate of drug-likeness (QED) is 0.590. The fraction of sp³-hybridized carbons (Fsp3) is 0.286. The zero-order valence-electron chi connectivity index (χ0n) is 9.17. The lowest BCUT2D eigenvalue weighted by molar-refractivity contribution is 0.593. The Hall–Kier alpha value is -1.94. The highest BCUT2D eigenvalue weighted by atomic mass is 32.2. The van der Waals surface area contributed by atoms with Gasteiger partial charge in [-0.15, -0.1) is 4.83 Å². The number of nitrogens with two attached hydrogens (primary N) is 1. The molecule has 17 heavy (non-hydrogen) atoms. The summed E-state index contributed by atoms with van der Waals surface area (Å²) in [7, 11) is -1.65. The van der Waals surface area contributed by atoms with Gasteiger partial charge in [-0.3, -0.25) is 5.43 Å². The molecule has 0 radical (unpaired) electrons. The van der Waals surface area contributed by atoms with E-state index in [1.807, 2.05) is 0 Å². The Balaban J connectivity index is 2.46. The Kier molecular flexibility index (Phi) is 2.59. The summed E-state index contributed by atoms with van der Waals surface area (Å²) in [6.07, 6.45) is 2.55. The summed E-state index contributed by atoms with van der Waals surface area (Å²) in [6, 6.07) is 0. The maximum Gasteiger partial charge on any atom is 0.225 e. The number of anilines is 2. The molecule has 2 rings (SSSR count). The van der Waals surface area contributed by atoms with Crippen LogP contribution < -0.4 is 16.0 Å². The molecule has 0 aromatic carbocycles. The molecular formula is C7H11N7O2S. The van der Waals surface area contributed by atoms with E-state index in [9.17, 15) is 8.42 Å². The smallest absolute Gasteiger partial charge is 0.225 e. The Bertz CT molecular complexity index is 662. The molecule has 2 aromatic heterocycles. The largest absolute Gasteiger partial charge is 0.368 e. The lowest BCUT2D eigenvalue weighted by Crippen LogP contribution is -2.29. The fourth-order valence-electron chi connectivity index (χ4n) is 1.25. The van der Waals surface area contributed by atoms with Crippen LogP contribution in [-0.2, 0) is 17.1 Å². The van der Waals surface area contributed by atoms with Gasteiger partial charge in [-0.25, -0.2) is 13.4 Å². The van der Waals surface area contributed by atoms with Crippen molar-refractivity contribution in [1.29, 1.82) is 0 Å². The Morgan fingerprint density at radius 1 is 1.41 bits per heavy atom. The third-order valence-corrected chi connectivity index (χ3v) is 2.40. The molecule has 0 bridgehead atoms. The van der Waals surface area contributed by atoms with Gasteiger partial charge in [0.2, 0.25) is 16.0 Å². The Morgan fingerprint density at radius 2 is 2.12 bits per heavy atom. The number of nitrogen functional groups attached to an aromatic ring is 1. The maximum absolute atomic E-state index is 11.0. The summed E-state index contributed by atoms with van der Waals surface area (Å²) < 4.78 is 23.6. The standard InChI is InChI=1S/C7H11N7O2S/c1-14-3-9-4-5(12-13-17(2,15)16)10-7(8)11-6(4)14/h3,13H,1-2H3,(H3,8,10,11,12). The number of rotatable bonds is 3. The second kappa shape index (κ2) is 3.82. The van der Waals surface area contributed by atoms with Gasteiger partial charge in [0.05, 0.1) is 12.6 Å². The molecule has 10 heteroatoms. The second-order valence-electron chi connectivity index (χ2n) is 3.46. The van der Waals surface area contributed by atoms with E-state index in [1.165, 1.54) is 6.33 Å².